The minimum absolute atomic E-state index is 0.555. The summed E-state index contributed by atoms with van der Waals surface area (Å²) < 4.78 is 9.53. The molecule has 0 saturated carbocycles. The Bertz CT molecular complexity index is 7360. The highest BCUT2D eigenvalue weighted by molar-refractivity contribution is 6.20. The number of aryl methyl sites for hydroxylation is 7. The lowest BCUT2D eigenvalue weighted by Crippen LogP contribution is -2.06. The Morgan fingerprint density at radius 2 is 0.761 bits per heavy atom. The minimum Gasteiger partial charge on any atom is -0.313 e. The molecule has 5 heterocycles. The highest BCUT2D eigenvalue weighted by atomic mass is 15.1. The molecule has 538 valence electrons. The van der Waals surface area contributed by atoms with Gasteiger partial charge in [0.1, 0.15) is 0 Å². The molecule has 0 fully saturated rings. The van der Waals surface area contributed by atoms with Crippen molar-refractivity contribution >= 4 is 111 Å². The largest absolute Gasteiger partial charge is 0.313 e. The summed E-state index contributed by atoms with van der Waals surface area (Å²) in [4.78, 5) is 9.92. The summed E-state index contributed by atoms with van der Waals surface area (Å²) in [7, 11) is 0. The summed E-state index contributed by atoms with van der Waals surface area (Å²) in [6, 6.07) is 109. The first-order valence-electron chi connectivity index (χ1n) is 38.5. The minimum atomic E-state index is 0.555. The third-order valence-corrected chi connectivity index (χ3v) is 22.7. The molecule has 113 heavy (non-hydrogen) atoms. The van der Waals surface area contributed by atoms with Crippen LogP contribution in [0.3, 0.4) is 0 Å². The van der Waals surface area contributed by atoms with Gasteiger partial charge in [0.05, 0.1) is 103 Å². The number of fused-ring (bicyclic) bond motifs is 12. The molecule has 0 aliphatic carbocycles. The average molecular weight is 1450 g/mol. The molecule has 0 unspecified atom stereocenters. The van der Waals surface area contributed by atoms with Gasteiger partial charge in [-0.1, -0.05) is 233 Å². The van der Waals surface area contributed by atoms with E-state index in [0.717, 1.165) is 177 Å². The quantitative estimate of drug-likeness (QED) is 0.0802. The van der Waals surface area contributed by atoms with Crippen molar-refractivity contribution in [1.82, 2.24) is 23.3 Å². The predicted octanol–water partition coefficient (Wildman–Crippen LogP) is 26.9. The number of para-hydroxylation sites is 3. The average Bonchev–Trinajstić information content (AvgIpc) is 1.58. The van der Waals surface area contributed by atoms with E-state index in [1.807, 2.05) is 55.0 Å². The second-order valence-electron chi connectivity index (χ2n) is 30.8. The van der Waals surface area contributed by atoms with Crippen LogP contribution in [0, 0.1) is 71.1 Å². The van der Waals surface area contributed by atoms with E-state index in [4.69, 9.17) is 9.98 Å². The van der Waals surface area contributed by atoms with Gasteiger partial charge in [-0.2, -0.15) is 10.5 Å². The fourth-order valence-corrected chi connectivity index (χ4v) is 18.3. The van der Waals surface area contributed by atoms with Gasteiger partial charge in [-0.05, 0) is 226 Å². The first-order valence-corrected chi connectivity index (χ1v) is 38.5. The molecular weight excluding hydrogens is 1370 g/mol. The molecule has 8 nitrogen and oxygen atoms in total. The van der Waals surface area contributed by atoms with E-state index in [-0.39, 0.29) is 0 Å². The molecule has 0 spiro atoms. The van der Waals surface area contributed by atoms with Crippen molar-refractivity contribution in [1.29, 1.82) is 10.5 Å². The maximum absolute atomic E-state index is 10.6. The number of nitrogens with zero attached hydrogens (tertiary/aromatic N) is 8. The fraction of sp³-hybridized carbons (Fsp3) is 0.0857. The lowest BCUT2D eigenvalue weighted by atomic mass is 9.95. The van der Waals surface area contributed by atoms with Gasteiger partial charge >= 0.3 is 0 Å². The summed E-state index contributed by atoms with van der Waals surface area (Å²) in [5.74, 6) is 0. The van der Waals surface area contributed by atoms with Gasteiger partial charge < -0.3 is 18.3 Å². The van der Waals surface area contributed by atoms with Crippen molar-refractivity contribution < 1.29 is 0 Å². The number of hydrogen-bond acceptors (Lipinski definition) is 4. The van der Waals surface area contributed by atoms with Gasteiger partial charge in [0, 0.05) is 59.9 Å². The molecule has 0 bridgehead atoms. The van der Waals surface area contributed by atoms with Gasteiger partial charge in [0.15, 0.2) is 0 Å². The Balaban J connectivity index is 0.767. The van der Waals surface area contributed by atoms with Gasteiger partial charge in [0.2, 0.25) is 0 Å². The molecular formula is C105H78N8. The van der Waals surface area contributed by atoms with Crippen LogP contribution in [-0.2, 0) is 6.42 Å². The highest BCUT2D eigenvalue weighted by Gasteiger charge is 2.27. The molecule has 0 atom stereocenters. The lowest BCUT2D eigenvalue weighted by Gasteiger charge is -2.21. The number of benzene rings is 14. The van der Waals surface area contributed by atoms with Gasteiger partial charge in [-0.15, -0.1) is 0 Å². The number of aliphatic imine (C=N–C) groups is 1. The Kier molecular flexibility index (Phi) is 16.9. The molecule has 19 rings (SSSR count). The lowest BCUT2D eigenvalue weighted by molar-refractivity contribution is 1.09. The van der Waals surface area contributed by atoms with Crippen LogP contribution in [0.15, 0.2) is 309 Å². The maximum Gasteiger partial charge on any atom is 0.0991 e. The second kappa shape index (κ2) is 27.6. The first kappa shape index (κ1) is 69.0. The van der Waals surface area contributed by atoms with E-state index in [1.165, 1.54) is 50.1 Å². The van der Waals surface area contributed by atoms with Crippen molar-refractivity contribution in [3.05, 3.63) is 370 Å². The van der Waals surface area contributed by atoms with Gasteiger partial charge in [-0.25, -0.2) is 0 Å². The van der Waals surface area contributed by atoms with E-state index >= 15 is 0 Å². The molecule has 0 amide bonds. The van der Waals surface area contributed by atoms with Gasteiger partial charge in [-0.3, -0.25) is 9.98 Å². The molecule has 19 aromatic rings. The third kappa shape index (κ3) is 12.0. The zero-order valence-corrected chi connectivity index (χ0v) is 64.4. The molecule has 5 aromatic heterocycles. The number of hydrogen-bond donors (Lipinski definition) is 0. The van der Waals surface area contributed by atoms with Crippen molar-refractivity contribution in [2.24, 2.45) is 4.99 Å². The van der Waals surface area contributed by atoms with Crippen molar-refractivity contribution in [2.75, 3.05) is 0 Å². The number of aromatic nitrogens is 5. The summed E-state index contributed by atoms with van der Waals surface area (Å²) in [5.41, 5.74) is 36.6. The van der Waals surface area contributed by atoms with Crippen LogP contribution in [0.5, 0.6) is 0 Å². The van der Waals surface area contributed by atoms with E-state index in [0.29, 0.717) is 17.5 Å². The van der Waals surface area contributed by atoms with Crippen molar-refractivity contribution in [2.45, 2.75) is 61.8 Å². The monoisotopic (exact) mass is 1450 g/mol. The van der Waals surface area contributed by atoms with Crippen LogP contribution in [0.2, 0.25) is 0 Å². The second-order valence-corrected chi connectivity index (χ2v) is 30.8. The Hall–Kier alpha value is -14.4. The zero-order valence-electron chi connectivity index (χ0n) is 64.4. The summed E-state index contributed by atoms with van der Waals surface area (Å²) in [5, 5.41) is 30.2. The van der Waals surface area contributed by atoms with Gasteiger partial charge in [0.25, 0.3) is 0 Å². The number of allylic oxidation sites excluding steroid dienone is 3. The zero-order chi connectivity index (χ0) is 77.0. The van der Waals surface area contributed by atoms with E-state index in [9.17, 15) is 10.5 Å². The van der Waals surface area contributed by atoms with E-state index in [2.05, 4.69) is 341 Å². The summed E-state index contributed by atoms with van der Waals surface area (Å²) in [6.45, 7) is 21.6. The smallest absolute Gasteiger partial charge is 0.0991 e. The van der Waals surface area contributed by atoms with Crippen LogP contribution in [0.25, 0.3) is 171 Å². The maximum atomic E-state index is 10.6. The number of rotatable bonds is 14. The third-order valence-electron chi connectivity index (χ3n) is 22.7. The molecule has 14 aromatic carbocycles. The molecule has 0 radical (unpaired) electrons. The Labute approximate surface area is 656 Å². The molecule has 0 N–H and O–H groups in total. The summed E-state index contributed by atoms with van der Waals surface area (Å²) >= 11 is 0. The van der Waals surface area contributed by atoms with Crippen LogP contribution in [-0.4, -0.2) is 30.0 Å². The fourth-order valence-electron chi connectivity index (χ4n) is 18.3. The standard InChI is InChI=1S/C105H78N8/c1-63-38-64(2)43-81(42-63)75-31-36-96-91(54-75)87-24-12-13-25-93(87)110(96)70(8)104(79-20-16-18-72(50-79)58-106)101(60-108-9)111-97-35-28-71(53-90(97)92-55-76(32-37-98(92)111)82-44-65(3)39-66(4)45-82)49-74-41-69(7)48-84(52-74)78-30-34-89-86-23-11-15-27-95(86)113(100(89)57-78)103-62-109-61-102(105(103)80-21-17-19-73(51-80)59-107)112-94-26-14-10-22-85(94)88-33-29-77(56-99(88)112)83-46-67(5)40-68(6)47-83/h10-48,50-57,60-62H,9,49H2,1-8H3/b101-60+,104-70+. The topological polar surface area (TPSA) is 92.5 Å². The molecule has 0 aliphatic rings. The summed E-state index contributed by atoms with van der Waals surface area (Å²) in [6.07, 6.45) is 6.56. The molecule has 0 aliphatic heterocycles. The van der Waals surface area contributed by atoms with Crippen LogP contribution in [0.4, 0.5) is 0 Å². The van der Waals surface area contributed by atoms with Crippen LogP contribution < -0.4 is 0 Å². The molecule has 0 saturated heterocycles. The SMILES string of the molecule is C=N/C=C(\C(=C(/C)n1c2ccccc2c2cc(-c3cc(C)cc(C)c3)ccc21)c1cccc(C#N)c1)n1c2ccc(Cc3cc(C)cc(-c4ccc5c6ccccc6n(-c6cncc(-n7c8ccccc8c8ccc(-c9cc(C)cc(C)c9)cc87)c6-c6cccc(C#N)c6)c5c4)c3)cc2c2cc(-c3cc(C)cc(C)c3)ccc21. The Morgan fingerprint density at radius 1 is 0.345 bits per heavy atom. The van der Waals surface area contributed by atoms with Crippen LogP contribution >= 0.6 is 0 Å². The van der Waals surface area contributed by atoms with Crippen molar-refractivity contribution in [3.63, 3.8) is 0 Å². The number of pyridine rings is 1. The highest BCUT2D eigenvalue weighted by Crippen LogP contribution is 2.47. The normalized spacial score (nSPS) is 12.1. The van der Waals surface area contributed by atoms with Crippen LogP contribution in [0.1, 0.15) is 73.7 Å². The predicted molar refractivity (Wildman–Crippen MR) is 473 cm³/mol. The van der Waals surface area contributed by atoms with Crippen molar-refractivity contribution in [3.8, 4) is 79.1 Å². The Morgan fingerprint density at radius 3 is 1.29 bits per heavy atom. The van der Waals surface area contributed by atoms with E-state index in [1.54, 1.807) is 0 Å². The molecule has 8 heteroatoms. The van der Waals surface area contributed by atoms with E-state index < -0.39 is 0 Å². The number of nitriles is 2. The first-order chi connectivity index (χ1) is 55.1.